The largest absolute Gasteiger partial charge is 0.474 e. The number of aromatic nitrogens is 4. The number of alkyl halides is 1. The molecule has 5 fully saturated rings. The highest BCUT2D eigenvalue weighted by Crippen LogP contribution is 2.49. The van der Waals surface area contributed by atoms with Gasteiger partial charge in [-0.2, -0.15) is 5.26 Å². The van der Waals surface area contributed by atoms with E-state index in [-0.39, 0.29) is 23.5 Å². The monoisotopic (exact) mass is 635 g/mol. The van der Waals surface area contributed by atoms with E-state index in [0.717, 1.165) is 71.3 Å². The fraction of sp³-hybridized carbons (Fsp3) is 0.486. The zero-order valence-electron chi connectivity index (χ0n) is 26.9. The van der Waals surface area contributed by atoms with Crippen LogP contribution in [0.25, 0.3) is 44.0 Å². The molecule has 4 aliphatic heterocycles. The van der Waals surface area contributed by atoms with Crippen molar-refractivity contribution in [2.45, 2.75) is 82.6 Å². The number of pyridine rings is 1. The number of ether oxygens (including phenoxy) is 1. The number of halogens is 2. The molecule has 10 rings (SSSR count). The Morgan fingerprint density at radius 1 is 1.19 bits per heavy atom. The first kappa shape index (κ1) is 29.1. The Kier molecular flexibility index (Phi) is 6.64. The molecule has 1 saturated carbocycles. The second kappa shape index (κ2) is 10.7. The lowest BCUT2D eigenvalue weighted by Gasteiger charge is -2.37. The molecule has 47 heavy (non-hydrogen) atoms. The van der Waals surface area contributed by atoms with Crippen molar-refractivity contribution in [3.63, 3.8) is 0 Å². The van der Waals surface area contributed by atoms with Crippen LogP contribution in [-0.4, -0.2) is 68.4 Å². The van der Waals surface area contributed by atoms with Gasteiger partial charge in [-0.05, 0) is 68.8 Å². The Hall–Kier alpha value is -4.07. The van der Waals surface area contributed by atoms with Crippen molar-refractivity contribution in [3.05, 3.63) is 53.2 Å². The van der Waals surface area contributed by atoms with Crippen LogP contribution in [0, 0.1) is 30.0 Å². The predicted molar refractivity (Wildman–Crippen MR) is 178 cm³/mol. The highest BCUT2D eigenvalue weighted by molar-refractivity contribution is 6.08. The third kappa shape index (κ3) is 4.28. The van der Waals surface area contributed by atoms with Crippen LogP contribution in [-0.2, 0) is 12.8 Å². The molecule has 1 aliphatic carbocycles. The lowest BCUT2D eigenvalue weighted by atomic mass is 9.79. The van der Waals surface area contributed by atoms with Gasteiger partial charge < -0.3 is 19.6 Å². The molecule has 0 amide bonds. The zero-order valence-corrected chi connectivity index (χ0v) is 26.9. The summed E-state index contributed by atoms with van der Waals surface area (Å²) >= 11 is 0. The molecule has 10 heteroatoms. The first-order chi connectivity index (χ1) is 22.9. The number of nitrogens with zero attached hydrogens (tertiary/aromatic N) is 5. The second-order valence-corrected chi connectivity index (χ2v) is 14.3. The SMILES string of the molecule is CCc1nc2c(OC[C@@]34CCCN3C[C@H](F)C4)nc3c(F)c(-c4c[nH]c5ccc(C)cc45)c(CCC#N)cc3c2n1C1C2CNC1C2. The van der Waals surface area contributed by atoms with E-state index in [1.165, 1.54) is 0 Å². The number of benzene rings is 2. The van der Waals surface area contributed by atoms with E-state index in [1.54, 1.807) is 0 Å². The van der Waals surface area contributed by atoms with Gasteiger partial charge in [0.2, 0.25) is 5.88 Å². The molecule has 2 aromatic carbocycles. The third-order valence-corrected chi connectivity index (χ3v) is 11.5. The van der Waals surface area contributed by atoms with Crippen LogP contribution < -0.4 is 10.1 Å². The lowest BCUT2D eigenvalue weighted by Crippen LogP contribution is -2.43. The number of imidazole rings is 1. The Morgan fingerprint density at radius 2 is 2.09 bits per heavy atom. The molecule has 5 aliphatic rings. The minimum absolute atomic E-state index is 0.223. The van der Waals surface area contributed by atoms with E-state index in [1.807, 2.05) is 31.3 Å². The van der Waals surface area contributed by atoms with Crippen LogP contribution in [0.4, 0.5) is 8.78 Å². The van der Waals surface area contributed by atoms with E-state index < -0.39 is 12.0 Å². The molecule has 0 radical (unpaired) electrons. The molecule has 0 spiro atoms. The number of fused-ring (bicyclic) bond motifs is 6. The summed E-state index contributed by atoms with van der Waals surface area (Å²) in [5.41, 5.74) is 5.35. The fourth-order valence-corrected chi connectivity index (χ4v) is 9.30. The smallest absolute Gasteiger partial charge is 0.243 e. The van der Waals surface area contributed by atoms with Crippen LogP contribution in [0.3, 0.4) is 0 Å². The Labute approximate surface area is 272 Å². The quantitative estimate of drug-likeness (QED) is 0.197. The minimum atomic E-state index is -0.873. The van der Waals surface area contributed by atoms with E-state index in [4.69, 9.17) is 14.7 Å². The van der Waals surface area contributed by atoms with Crippen molar-refractivity contribution in [3.8, 4) is 23.1 Å². The van der Waals surface area contributed by atoms with Gasteiger partial charge in [0.15, 0.2) is 11.3 Å². The van der Waals surface area contributed by atoms with Crippen LogP contribution >= 0.6 is 0 Å². The summed E-state index contributed by atoms with van der Waals surface area (Å²) < 4.78 is 41.1. The fourth-order valence-electron chi connectivity index (χ4n) is 9.30. The summed E-state index contributed by atoms with van der Waals surface area (Å²) in [6.07, 6.45) is 5.81. The second-order valence-electron chi connectivity index (χ2n) is 14.3. The molecule has 5 aromatic rings. The topological polar surface area (TPSA) is 94.8 Å². The van der Waals surface area contributed by atoms with Gasteiger partial charge in [0.25, 0.3) is 0 Å². The average molecular weight is 636 g/mol. The normalized spacial score (nSPS) is 26.8. The number of nitriles is 1. The molecule has 8 nitrogen and oxygen atoms in total. The van der Waals surface area contributed by atoms with Crippen molar-refractivity contribution in [2.24, 2.45) is 5.92 Å². The van der Waals surface area contributed by atoms with Gasteiger partial charge in [-0.25, -0.2) is 18.7 Å². The first-order valence-corrected chi connectivity index (χ1v) is 17.2. The van der Waals surface area contributed by atoms with E-state index >= 15 is 4.39 Å². The number of aromatic amines is 1. The van der Waals surface area contributed by atoms with Gasteiger partial charge in [0, 0.05) is 72.0 Å². The lowest BCUT2D eigenvalue weighted by molar-refractivity contribution is 0.112. The molecular weight excluding hydrogens is 596 g/mol. The van der Waals surface area contributed by atoms with Crippen LogP contribution in [0.5, 0.6) is 5.88 Å². The van der Waals surface area contributed by atoms with Crippen molar-refractivity contribution in [1.29, 1.82) is 5.26 Å². The molecule has 2 N–H and O–H groups in total. The maximum atomic E-state index is 17.4. The van der Waals surface area contributed by atoms with Crippen LogP contribution in [0.1, 0.15) is 62.0 Å². The highest BCUT2D eigenvalue weighted by Gasteiger charge is 2.51. The number of H-pyrrole nitrogens is 1. The van der Waals surface area contributed by atoms with E-state index in [0.29, 0.717) is 66.7 Å². The zero-order chi connectivity index (χ0) is 32.0. The summed E-state index contributed by atoms with van der Waals surface area (Å²) in [6, 6.07) is 11.0. The molecule has 3 aromatic heterocycles. The van der Waals surface area contributed by atoms with Gasteiger partial charge in [0.1, 0.15) is 24.1 Å². The van der Waals surface area contributed by atoms with Gasteiger partial charge in [-0.3, -0.25) is 4.90 Å². The molecule has 7 heterocycles. The van der Waals surface area contributed by atoms with Crippen LogP contribution in [0.15, 0.2) is 30.5 Å². The molecule has 2 bridgehead atoms. The maximum absolute atomic E-state index is 17.4. The molecule has 3 unspecified atom stereocenters. The van der Waals surface area contributed by atoms with Crippen LogP contribution in [0.2, 0.25) is 0 Å². The Morgan fingerprint density at radius 3 is 2.87 bits per heavy atom. The average Bonchev–Trinajstić information content (AvgIpc) is 3.90. The molecule has 242 valence electrons. The van der Waals surface area contributed by atoms with Gasteiger partial charge in [-0.1, -0.05) is 18.6 Å². The summed E-state index contributed by atoms with van der Waals surface area (Å²) in [6.45, 7) is 6.68. The molecule has 4 saturated heterocycles. The van der Waals surface area contributed by atoms with E-state index in [2.05, 4.69) is 38.8 Å². The molecule has 5 atom stereocenters. The number of rotatable bonds is 8. The third-order valence-electron chi connectivity index (χ3n) is 11.5. The number of aryl methyl sites for hydroxylation is 3. The summed E-state index contributed by atoms with van der Waals surface area (Å²) in [5, 5.41) is 14.9. The van der Waals surface area contributed by atoms with Gasteiger partial charge >= 0.3 is 0 Å². The van der Waals surface area contributed by atoms with Crippen molar-refractivity contribution in [2.75, 3.05) is 26.2 Å². The summed E-state index contributed by atoms with van der Waals surface area (Å²) in [5.74, 6) is 1.31. The van der Waals surface area contributed by atoms with Crippen molar-refractivity contribution < 1.29 is 13.5 Å². The number of hydrogen-bond acceptors (Lipinski definition) is 6. The first-order valence-electron chi connectivity index (χ1n) is 17.2. The highest BCUT2D eigenvalue weighted by atomic mass is 19.1. The molecular formula is C37H39F2N7O. The maximum Gasteiger partial charge on any atom is 0.243 e. The van der Waals surface area contributed by atoms with Gasteiger partial charge in [-0.15, -0.1) is 0 Å². The number of nitrogens with one attached hydrogen (secondary N) is 2. The Balaban J connectivity index is 1.29. The summed E-state index contributed by atoms with van der Waals surface area (Å²) in [4.78, 5) is 15.6. The van der Waals surface area contributed by atoms with E-state index in [9.17, 15) is 9.65 Å². The Bertz CT molecular complexity index is 2100. The van der Waals surface area contributed by atoms with Gasteiger partial charge in [0.05, 0.1) is 23.2 Å². The minimum Gasteiger partial charge on any atom is -0.474 e. The summed E-state index contributed by atoms with van der Waals surface area (Å²) in [7, 11) is 0. The number of hydrogen-bond donors (Lipinski definition) is 2. The standard InChI is InChI=1S/C37H39F2N7O/c1-3-29-43-33-35(46(29)34-22-14-28(34)41-16-22)25-13-21(6-4-10-40)30(26-17-42-27-8-7-20(2)12-24(26)27)31(39)32(25)44-36(33)47-19-37-9-5-11-45(37)18-23(38)15-37/h7-8,12-13,17,22-23,28,34,41-42H,3-6,9,11,14-16,18-19H2,1-2H3/t22?,23-,28?,34?,37+/m1/s1. The van der Waals surface area contributed by atoms with Crippen molar-refractivity contribution >= 4 is 32.8 Å². The predicted octanol–water partition coefficient (Wildman–Crippen LogP) is 6.69. The van der Waals surface area contributed by atoms with Crippen molar-refractivity contribution in [1.82, 2.24) is 29.7 Å².